The van der Waals surface area contributed by atoms with Gasteiger partial charge in [0, 0.05) is 19.7 Å². The zero-order valence-electron chi connectivity index (χ0n) is 10.4. The van der Waals surface area contributed by atoms with Crippen LogP contribution in [0.15, 0.2) is 18.2 Å². The predicted molar refractivity (Wildman–Crippen MR) is 69.7 cm³/mol. The zero-order chi connectivity index (χ0) is 12.3. The van der Waals surface area contributed by atoms with E-state index in [9.17, 15) is 10.1 Å². The second-order valence-corrected chi connectivity index (χ2v) is 11.1. The Balaban J connectivity index is 2.83. The molecule has 4 heteroatoms. The highest BCUT2D eigenvalue weighted by atomic mass is 28.3. The van der Waals surface area contributed by atoms with Crippen LogP contribution in [0.3, 0.4) is 0 Å². The molecule has 0 spiro atoms. The largest absolute Gasteiger partial charge is 0.272 e. The Hall–Kier alpha value is -1.16. The summed E-state index contributed by atoms with van der Waals surface area (Å²) in [5, 5.41) is 10.8. The van der Waals surface area contributed by atoms with E-state index in [-0.39, 0.29) is 10.6 Å². The van der Waals surface area contributed by atoms with E-state index in [1.807, 2.05) is 12.1 Å². The van der Waals surface area contributed by atoms with Crippen molar-refractivity contribution in [2.75, 3.05) is 0 Å². The molecule has 0 saturated heterocycles. The van der Waals surface area contributed by atoms with E-state index in [1.54, 1.807) is 13.0 Å². The Morgan fingerprint density at radius 1 is 1.31 bits per heavy atom. The summed E-state index contributed by atoms with van der Waals surface area (Å²) in [6.07, 6.45) is 0.955. The number of nitro groups is 1. The monoisotopic (exact) mass is 237 g/mol. The van der Waals surface area contributed by atoms with Crippen molar-refractivity contribution < 1.29 is 4.92 Å². The average Bonchev–Trinajstić information content (AvgIpc) is 2.14. The van der Waals surface area contributed by atoms with Gasteiger partial charge in [-0.3, -0.25) is 10.1 Å². The van der Waals surface area contributed by atoms with Crippen molar-refractivity contribution in [2.24, 2.45) is 0 Å². The van der Waals surface area contributed by atoms with Crippen molar-refractivity contribution in [2.45, 2.75) is 39.0 Å². The van der Waals surface area contributed by atoms with Crippen LogP contribution in [0.25, 0.3) is 0 Å². The predicted octanol–water partition coefficient (Wildman–Crippen LogP) is 3.78. The SMILES string of the molecule is Cc1ccc(CC[Si](C)(C)C)cc1[N+](=O)[O-]. The van der Waals surface area contributed by atoms with Gasteiger partial charge < -0.3 is 0 Å². The van der Waals surface area contributed by atoms with Gasteiger partial charge in [-0.2, -0.15) is 0 Å². The number of aryl methyl sites for hydroxylation is 2. The van der Waals surface area contributed by atoms with Gasteiger partial charge >= 0.3 is 0 Å². The highest BCUT2D eigenvalue weighted by Gasteiger charge is 2.15. The fraction of sp³-hybridized carbons (Fsp3) is 0.500. The molecule has 0 N–H and O–H groups in total. The molecular formula is C12H19NO2Si. The maximum Gasteiger partial charge on any atom is 0.272 e. The quantitative estimate of drug-likeness (QED) is 0.454. The van der Waals surface area contributed by atoms with Gasteiger partial charge in [0.2, 0.25) is 0 Å². The summed E-state index contributed by atoms with van der Waals surface area (Å²) in [7, 11) is -1.07. The molecule has 1 aromatic rings. The fourth-order valence-corrected chi connectivity index (χ4v) is 2.57. The molecule has 0 aliphatic carbocycles. The lowest BCUT2D eigenvalue weighted by Gasteiger charge is -2.15. The molecule has 1 aromatic carbocycles. The normalized spacial score (nSPS) is 11.5. The van der Waals surface area contributed by atoms with E-state index < -0.39 is 8.07 Å². The summed E-state index contributed by atoms with van der Waals surface area (Å²) in [5.41, 5.74) is 2.06. The Kier molecular flexibility index (Phi) is 3.86. The van der Waals surface area contributed by atoms with Crippen LogP contribution in [0.4, 0.5) is 5.69 Å². The molecule has 88 valence electrons. The van der Waals surface area contributed by atoms with E-state index in [0.717, 1.165) is 17.5 Å². The Bertz CT molecular complexity index is 396. The number of benzene rings is 1. The summed E-state index contributed by atoms with van der Waals surface area (Å²) >= 11 is 0. The van der Waals surface area contributed by atoms with Crippen LogP contribution < -0.4 is 0 Å². The first kappa shape index (κ1) is 12.9. The van der Waals surface area contributed by atoms with Gasteiger partial charge in [-0.25, -0.2) is 0 Å². The maximum atomic E-state index is 10.8. The van der Waals surface area contributed by atoms with Crippen LogP contribution in [0, 0.1) is 17.0 Å². The second kappa shape index (κ2) is 4.78. The minimum atomic E-state index is -1.07. The lowest BCUT2D eigenvalue weighted by molar-refractivity contribution is -0.385. The number of hydrogen-bond acceptors (Lipinski definition) is 2. The van der Waals surface area contributed by atoms with E-state index in [4.69, 9.17) is 0 Å². The van der Waals surface area contributed by atoms with E-state index in [1.165, 1.54) is 6.04 Å². The molecule has 0 amide bonds. The molecule has 0 aliphatic rings. The summed E-state index contributed by atoms with van der Waals surface area (Å²) in [5.74, 6) is 0. The number of hydrogen-bond donors (Lipinski definition) is 0. The van der Waals surface area contributed by atoms with Crippen LogP contribution in [0.1, 0.15) is 11.1 Å². The summed E-state index contributed by atoms with van der Waals surface area (Å²) in [6, 6.07) is 6.74. The van der Waals surface area contributed by atoms with Gasteiger partial charge in [0.25, 0.3) is 5.69 Å². The molecule has 0 atom stereocenters. The first-order chi connectivity index (χ1) is 7.29. The van der Waals surface area contributed by atoms with Crippen LogP contribution in [0.2, 0.25) is 25.7 Å². The molecule has 0 saturated carbocycles. The van der Waals surface area contributed by atoms with Crippen LogP contribution in [-0.2, 0) is 6.42 Å². The van der Waals surface area contributed by atoms with Gasteiger partial charge in [-0.15, -0.1) is 0 Å². The first-order valence-corrected chi connectivity index (χ1v) is 9.24. The Morgan fingerprint density at radius 2 is 1.94 bits per heavy atom. The van der Waals surface area contributed by atoms with Crippen molar-refractivity contribution in [1.82, 2.24) is 0 Å². The number of rotatable bonds is 4. The summed E-state index contributed by atoms with van der Waals surface area (Å²) in [6.45, 7) is 8.72. The molecule has 3 nitrogen and oxygen atoms in total. The maximum absolute atomic E-state index is 10.8. The molecule has 16 heavy (non-hydrogen) atoms. The summed E-state index contributed by atoms with van der Waals surface area (Å²) in [4.78, 5) is 10.5. The van der Waals surface area contributed by atoms with Crippen molar-refractivity contribution in [3.63, 3.8) is 0 Å². The van der Waals surface area contributed by atoms with Crippen LogP contribution in [0.5, 0.6) is 0 Å². The molecule has 0 unspecified atom stereocenters. The molecular weight excluding hydrogens is 218 g/mol. The molecule has 0 bridgehead atoms. The first-order valence-electron chi connectivity index (χ1n) is 5.53. The Labute approximate surface area is 97.7 Å². The molecule has 0 radical (unpaired) electrons. The van der Waals surface area contributed by atoms with Gasteiger partial charge in [-0.05, 0) is 18.9 Å². The topological polar surface area (TPSA) is 43.1 Å². The second-order valence-electron chi connectivity index (χ2n) is 5.44. The van der Waals surface area contributed by atoms with Crippen molar-refractivity contribution >= 4 is 13.8 Å². The summed E-state index contributed by atoms with van der Waals surface area (Å²) < 4.78 is 0. The third-order valence-electron chi connectivity index (χ3n) is 2.63. The highest BCUT2D eigenvalue weighted by molar-refractivity contribution is 6.76. The fourth-order valence-electron chi connectivity index (χ4n) is 1.53. The third-order valence-corrected chi connectivity index (χ3v) is 4.38. The zero-order valence-corrected chi connectivity index (χ0v) is 11.4. The number of nitro benzene ring substituents is 1. The minimum Gasteiger partial charge on any atom is -0.258 e. The van der Waals surface area contributed by atoms with E-state index in [0.29, 0.717) is 0 Å². The Morgan fingerprint density at radius 3 is 2.44 bits per heavy atom. The van der Waals surface area contributed by atoms with E-state index >= 15 is 0 Å². The standard InChI is InChI=1S/C12H19NO2Si/c1-10-5-6-11(7-8-16(2,3)4)9-12(10)13(14)15/h5-6,9H,7-8H2,1-4H3. The van der Waals surface area contributed by atoms with Crippen LogP contribution in [-0.4, -0.2) is 13.0 Å². The molecule has 0 aliphatic heterocycles. The smallest absolute Gasteiger partial charge is 0.258 e. The van der Waals surface area contributed by atoms with Gasteiger partial charge in [0.15, 0.2) is 0 Å². The van der Waals surface area contributed by atoms with Gasteiger partial charge in [-0.1, -0.05) is 37.8 Å². The third kappa shape index (κ3) is 3.77. The average molecular weight is 237 g/mol. The van der Waals surface area contributed by atoms with Crippen LogP contribution >= 0.6 is 0 Å². The molecule has 0 heterocycles. The minimum absolute atomic E-state index is 0.244. The van der Waals surface area contributed by atoms with Crippen molar-refractivity contribution in [3.8, 4) is 0 Å². The van der Waals surface area contributed by atoms with Gasteiger partial charge in [0.1, 0.15) is 0 Å². The molecule has 1 rings (SSSR count). The highest BCUT2D eigenvalue weighted by Crippen LogP contribution is 2.21. The van der Waals surface area contributed by atoms with Crippen molar-refractivity contribution in [1.29, 1.82) is 0 Å². The van der Waals surface area contributed by atoms with E-state index in [2.05, 4.69) is 19.6 Å². The lowest BCUT2D eigenvalue weighted by Crippen LogP contribution is -2.19. The van der Waals surface area contributed by atoms with Crippen molar-refractivity contribution in [3.05, 3.63) is 39.4 Å². The number of nitrogens with zero attached hydrogens (tertiary/aromatic N) is 1. The van der Waals surface area contributed by atoms with Gasteiger partial charge in [0.05, 0.1) is 4.92 Å². The molecule has 0 aromatic heterocycles. The molecule has 0 fully saturated rings. The lowest BCUT2D eigenvalue weighted by atomic mass is 10.1.